The van der Waals surface area contributed by atoms with Gasteiger partial charge in [0.1, 0.15) is 5.75 Å². The third-order valence-electron chi connectivity index (χ3n) is 5.54. The second-order valence-electron chi connectivity index (χ2n) is 7.53. The van der Waals surface area contributed by atoms with Crippen molar-refractivity contribution >= 4 is 10.8 Å². The number of nitrogens with two attached hydrogens (primary N) is 1. The smallest absolute Gasteiger partial charge is 0.259 e. The molecule has 3 aromatic rings. The molecule has 0 saturated carbocycles. The Morgan fingerprint density at radius 3 is 2.34 bits per heavy atom. The van der Waals surface area contributed by atoms with Crippen LogP contribution in [0.1, 0.15) is 18.1 Å². The van der Waals surface area contributed by atoms with E-state index in [9.17, 15) is 4.79 Å². The van der Waals surface area contributed by atoms with E-state index < -0.39 is 0 Å². The molecule has 4 rings (SSSR count). The molecule has 2 N–H and O–H groups in total. The normalized spacial score (nSPS) is 13.6. The maximum atomic E-state index is 13.3. The summed E-state index contributed by atoms with van der Waals surface area (Å²) in [6, 6.07) is 9.89. The molecule has 1 unspecified atom stereocenters. The van der Waals surface area contributed by atoms with Crippen molar-refractivity contribution < 1.29 is 14.2 Å². The highest BCUT2D eigenvalue weighted by atomic mass is 16.5. The lowest BCUT2D eigenvalue weighted by atomic mass is 9.92. The van der Waals surface area contributed by atoms with Gasteiger partial charge in [-0.15, -0.1) is 0 Å². The van der Waals surface area contributed by atoms with E-state index >= 15 is 0 Å². The van der Waals surface area contributed by atoms with Crippen LogP contribution in [0.25, 0.3) is 22.0 Å². The van der Waals surface area contributed by atoms with Crippen molar-refractivity contribution in [3.63, 3.8) is 0 Å². The minimum absolute atomic E-state index is 0.0149. The Labute approximate surface area is 169 Å². The average Bonchev–Trinajstić information content (AvgIpc) is 2.72. The molecule has 29 heavy (non-hydrogen) atoms. The quantitative estimate of drug-likeness (QED) is 0.720. The molecule has 0 radical (unpaired) electrons. The summed E-state index contributed by atoms with van der Waals surface area (Å²) >= 11 is 0. The molecule has 1 aromatic heterocycles. The molecule has 1 atom stereocenters. The van der Waals surface area contributed by atoms with Gasteiger partial charge >= 0.3 is 0 Å². The molecule has 1 aliphatic rings. The van der Waals surface area contributed by atoms with Crippen LogP contribution in [0.2, 0.25) is 0 Å². The van der Waals surface area contributed by atoms with Crippen LogP contribution in [0.4, 0.5) is 0 Å². The number of aryl methyl sites for hydroxylation is 1. The molecule has 0 saturated heterocycles. The fraction of sp³-hybridized carbons (Fsp3) is 0.348. The van der Waals surface area contributed by atoms with E-state index in [2.05, 4.69) is 18.2 Å². The van der Waals surface area contributed by atoms with E-state index in [0.29, 0.717) is 29.9 Å². The fourth-order valence-electron chi connectivity index (χ4n) is 4.17. The summed E-state index contributed by atoms with van der Waals surface area (Å²) in [4.78, 5) is 13.3. The van der Waals surface area contributed by atoms with Crippen molar-refractivity contribution in [2.75, 3.05) is 21.3 Å². The highest BCUT2D eigenvalue weighted by Crippen LogP contribution is 2.37. The van der Waals surface area contributed by atoms with Gasteiger partial charge in [0, 0.05) is 18.2 Å². The minimum atomic E-state index is -0.0198. The number of methoxy groups -OCH3 is 3. The van der Waals surface area contributed by atoms with E-state index in [0.717, 1.165) is 34.4 Å². The third-order valence-corrected chi connectivity index (χ3v) is 5.54. The van der Waals surface area contributed by atoms with Crippen LogP contribution in [-0.2, 0) is 19.4 Å². The molecule has 0 fully saturated rings. The van der Waals surface area contributed by atoms with Crippen LogP contribution in [-0.4, -0.2) is 31.9 Å². The van der Waals surface area contributed by atoms with Crippen molar-refractivity contribution in [2.24, 2.45) is 5.73 Å². The molecule has 6 nitrogen and oxygen atoms in total. The molecule has 0 spiro atoms. The molecule has 0 bridgehead atoms. The van der Waals surface area contributed by atoms with Crippen molar-refractivity contribution in [3.8, 4) is 28.5 Å². The lowest BCUT2D eigenvalue weighted by Crippen LogP contribution is -2.26. The molecule has 2 aromatic carbocycles. The number of ether oxygens (including phenoxy) is 3. The summed E-state index contributed by atoms with van der Waals surface area (Å²) in [5, 5.41) is 1.45. The van der Waals surface area contributed by atoms with Crippen LogP contribution in [0, 0.1) is 0 Å². The first-order valence-corrected chi connectivity index (χ1v) is 9.72. The van der Waals surface area contributed by atoms with Crippen molar-refractivity contribution in [3.05, 3.63) is 51.8 Å². The number of benzene rings is 2. The van der Waals surface area contributed by atoms with Gasteiger partial charge in [0.15, 0.2) is 11.5 Å². The highest BCUT2D eigenvalue weighted by molar-refractivity contribution is 5.89. The predicted molar refractivity (Wildman–Crippen MR) is 114 cm³/mol. The van der Waals surface area contributed by atoms with Crippen molar-refractivity contribution in [2.45, 2.75) is 32.4 Å². The maximum absolute atomic E-state index is 13.3. The summed E-state index contributed by atoms with van der Waals surface area (Å²) < 4.78 is 18.2. The zero-order valence-electron chi connectivity index (χ0n) is 17.2. The third kappa shape index (κ3) is 3.23. The topological polar surface area (TPSA) is 75.7 Å². The Kier molecular flexibility index (Phi) is 4.96. The van der Waals surface area contributed by atoms with Gasteiger partial charge in [-0.25, -0.2) is 0 Å². The van der Waals surface area contributed by atoms with Gasteiger partial charge in [0.2, 0.25) is 0 Å². The Hall–Kier alpha value is -2.99. The van der Waals surface area contributed by atoms with Crippen LogP contribution in [0.15, 0.2) is 35.1 Å². The number of aromatic nitrogens is 1. The van der Waals surface area contributed by atoms with E-state index in [1.54, 1.807) is 27.4 Å². The van der Waals surface area contributed by atoms with Crippen LogP contribution < -0.4 is 25.5 Å². The Morgan fingerprint density at radius 1 is 1.00 bits per heavy atom. The SMILES string of the molecule is COc1cc2c(cc1CC(C)N)-c1cc3cc(OC)c(OC)cc3c(=O)n1CC2. The van der Waals surface area contributed by atoms with Crippen molar-refractivity contribution in [1.82, 2.24) is 4.57 Å². The second kappa shape index (κ2) is 7.44. The summed E-state index contributed by atoms with van der Waals surface area (Å²) in [6.45, 7) is 2.60. The summed E-state index contributed by atoms with van der Waals surface area (Å²) in [6.07, 6.45) is 1.48. The first kappa shape index (κ1) is 19.3. The van der Waals surface area contributed by atoms with Gasteiger partial charge in [-0.1, -0.05) is 0 Å². The lowest BCUT2D eigenvalue weighted by molar-refractivity contribution is 0.356. The number of nitrogens with zero attached hydrogens (tertiary/aromatic N) is 1. The molecule has 152 valence electrons. The van der Waals surface area contributed by atoms with Gasteiger partial charge < -0.3 is 24.5 Å². The zero-order chi connectivity index (χ0) is 20.7. The largest absolute Gasteiger partial charge is 0.496 e. The number of pyridine rings is 1. The summed E-state index contributed by atoms with van der Waals surface area (Å²) in [5.74, 6) is 2.01. The standard InChI is InChI=1S/C23H26N2O4/c1-13(24)7-16-8-17-14(10-20(16)27-2)5-6-25-19(17)9-15-11-21(28-3)22(29-4)12-18(15)23(25)26/h8-13H,5-7,24H2,1-4H3. The van der Waals surface area contributed by atoms with Gasteiger partial charge in [-0.2, -0.15) is 0 Å². The van der Waals surface area contributed by atoms with E-state index in [1.165, 1.54) is 5.56 Å². The van der Waals surface area contributed by atoms with Gasteiger partial charge in [-0.05, 0) is 66.6 Å². The average molecular weight is 394 g/mol. The number of fused-ring (bicyclic) bond motifs is 4. The van der Waals surface area contributed by atoms with Crippen LogP contribution >= 0.6 is 0 Å². The first-order chi connectivity index (χ1) is 14.0. The van der Waals surface area contributed by atoms with E-state index in [1.807, 2.05) is 17.6 Å². The van der Waals surface area contributed by atoms with Gasteiger partial charge in [0.05, 0.1) is 32.4 Å². The maximum Gasteiger partial charge on any atom is 0.259 e. The Bertz CT molecular complexity index is 1150. The Balaban J connectivity index is 1.97. The first-order valence-electron chi connectivity index (χ1n) is 9.72. The molecule has 6 heteroatoms. The van der Waals surface area contributed by atoms with E-state index in [-0.39, 0.29) is 11.6 Å². The zero-order valence-corrected chi connectivity index (χ0v) is 17.2. The Morgan fingerprint density at radius 2 is 1.69 bits per heavy atom. The highest BCUT2D eigenvalue weighted by Gasteiger charge is 2.22. The van der Waals surface area contributed by atoms with Crippen LogP contribution in [0.5, 0.6) is 17.2 Å². The molecule has 1 aliphatic heterocycles. The minimum Gasteiger partial charge on any atom is -0.496 e. The summed E-state index contributed by atoms with van der Waals surface area (Å²) in [7, 11) is 4.85. The predicted octanol–water partition coefficient (Wildman–Crippen LogP) is 3.14. The molecule has 2 heterocycles. The molecule has 0 amide bonds. The number of rotatable bonds is 5. The van der Waals surface area contributed by atoms with Gasteiger partial charge in [0.25, 0.3) is 5.56 Å². The molecule has 0 aliphatic carbocycles. The summed E-state index contributed by atoms with van der Waals surface area (Å²) in [5.41, 5.74) is 10.2. The number of hydrogen-bond donors (Lipinski definition) is 1. The van der Waals surface area contributed by atoms with E-state index in [4.69, 9.17) is 19.9 Å². The van der Waals surface area contributed by atoms with Crippen molar-refractivity contribution in [1.29, 1.82) is 0 Å². The van der Waals surface area contributed by atoms with Gasteiger partial charge in [-0.3, -0.25) is 4.79 Å². The van der Waals surface area contributed by atoms with Crippen LogP contribution in [0.3, 0.4) is 0 Å². The second-order valence-corrected chi connectivity index (χ2v) is 7.53. The molecular formula is C23H26N2O4. The lowest BCUT2D eigenvalue weighted by Gasteiger charge is -2.25. The monoisotopic (exact) mass is 394 g/mol. The fourth-order valence-corrected chi connectivity index (χ4v) is 4.17. The molecular weight excluding hydrogens is 368 g/mol. The number of hydrogen-bond acceptors (Lipinski definition) is 5.